The highest BCUT2D eigenvalue weighted by molar-refractivity contribution is 5.92. The molecule has 21 heavy (non-hydrogen) atoms. The van der Waals surface area contributed by atoms with E-state index in [2.05, 4.69) is 15.6 Å². The Labute approximate surface area is 122 Å². The molecular weight excluding hydrogens is 270 g/mol. The molecule has 0 saturated carbocycles. The van der Waals surface area contributed by atoms with Crippen molar-refractivity contribution in [1.29, 1.82) is 0 Å². The van der Waals surface area contributed by atoms with E-state index in [-0.39, 0.29) is 24.2 Å². The minimum absolute atomic E-state index is 0.141. The van der Waals surface area contributed by atoms with Crippen molar-refractivity contribution >= 4 is 5.91 Å². The van der Waals surface area contributed by atoms with Gasteiger partial charge in [-0.3, -0.25) is 9.48 Å². The predicted octanol–water partition coefficient (Wildman–Crippen LogP) is -0.430. The highest BCUT2D eigenvalue weighted by atomic mass is 16.3. The van der Waals surface area contributed by atoms with E-state index in [1.54, 1.807) is 6.20 Å². The van der Waals surface area contributed by atoms with Crippen molar-refractivity contribution < 1.29 is 9.90 Å². The molecule has 2 rings (SSSR count). The van der Waals surface area contributed by atoms with Crippen molar-refractivity contribution in [2.24, 2.45) is 5.73 Å². The highest BCUT2D eigenvalue weighted by Crippen LogP contribution is 2.04. The van der Waals surface area contributed by atoms with E-state index < -0.39 is 0 Å². The van der Waals surface area contributed by atoms with Crippen molar-refractivity contribution in [3.63, 3.8) is 0 Å². The molecule has 7 nitrogen and oxygen atoms in total. The molecule has 1 atom stereocenters. The third kappa shape index (κ3) is 4.37. The molecule has 0 aliphatic carbocycles. The number of carbonyl (C=O) groups is 1. The van der Waals surface area contributed by atoms with Crippen LogP contribution in [0.15, 0.2) is 36.5 Å². The molecule has 4 N–H and O–H groups in total. The SMILES string of the molecule is NCCn1cc(C(=O)N[C@H](CO)Cc2ccccc2)nn1. The normalized spacial score (nSPS) is 12.1. The first-order chi connectivity index (χ1) is 10.2. The highest BCUT2D eigenvalue weighted by Gasteiger charge is 2.16. The Bertz CT molecular complexity index is 570. The fourth-order valence-corrected chi connectivity index (χ4v) is 1.96. The Morgan fingerprint density at radius 1 is 1.38 bits per heavy atom. The van der Waals surface area contributed by atoms with Crippen LogP contribution in [0.4, 0.5) is 0 Å². The van der Waals surface area contributed by atoms with Gasteiger partial charge in [0, 0.05) is 6.54 Å². The minimum Gasteiger partial charge on any atom is -0.394 e. The van der Waals surface area contributed by atoms with Gasteiger partial charge in [-0.25, -0.2) is 0 Å². The second kappa shape index (κ2) is 7.51. The number of aliphatic hydroxyl groups excluding tert-OH is 1. The van der Waals surface area contributed by atoms with Gasteiger partial charge in [0.05, 0.1) is 25.4 Å². The van der Waals surface area contributed by atoms with Gasteiger partial charge in [0.15, 0.2) is 5.69 Å². The molecule has 0 spiro atoms. The summed E-state index contributed by atoms with van der Waals surface area (Å²) in [5, 5.41) is 19.8. The third-order valence-corrected chi connectivity index (χ3v) is 3.01. The van der Waals surface area contributed by atoms with Crippen LogP contribution >= 0.6 is 0 Å². The first-order valence-corrected chi connectivity index (χ1v) is 6.78. The van der Waals surface area contributed by atoms with Crippen molar-refractivity contribution in [3.05, 3.63) is 47.8 Å². The van der Waals surface area contributed by atoms with Gasteiger partial charge in [0.1, 0.15) is 0 Å². The summed E-state index contributed by atoms with van der Waals surface area (Å²) < 4.78 is 1.51. The number of hydrogen-bond acceptors (Lipinski definition) is 5. The maximum atomic E-state index is 12.1. The van der Waals surface area contributed by atoms with E-state index in [0.717, 1.165) is 5.56 Å². The van der Waals surface area contributed by atoms with Crippen LogP contribution in [0, 0.1) is 0 Å². The van der Waals surface area contributed by atoms with Gasteiger partial charge in [-0.05, 0) is 12.0 Å². The fraction of sp³-hybridized carbons (Fsp3) is 0.357. The average molecular weight is 289 g/mol. The Kier molecular flexibility index (Phi) is 5.42. The van der Waals surface area contributed by atoms with Gasteiger partial charge in [-0.2, -0.15) is 0 Å². The molecule has 1 aromatic heterocycles. The molecule has 0 saturated heterocycles. The zero-order chi connectivity index (χ0) is 15.1. The van der Waals surface area contributed by atoms with Crippen LogP contribution < -0.4 is 11.1 Å². The number of aliphatic hydroxyl groups is 1. The molecule has 1 aromatic carbocycles. The number of rotatable bonds is 7. The first-order valence-electron chi connectivity index (χ1n) is 6.78. The molecule has 1 heterocycles. The fourth-order valence-electron chi connectivity index (χ4n) is 1.96. The van der Waals surface area contributed by atoms with Crippen LogP contribution in [0.2, 0.25) is 0 Å². The van der Waals surface area contributed by atoms with Gasteiger partial charge in [0.2, 0.25) is 0 Å². The number of amides is 1. The molecule has 0 bridgehead atoms. The van der Waals surface area contributed by atoms with Gasteiger partial charge in [-0.15, -0.1) is 5.10 Å². The molecule has 0 fully saturated rings. The van der Waals surface area contributed by atoms with Crippen LogP contribution in [0.5, 0.6) is 0 Å². The summed E-state index contributed by atoms with van der Waals surface area (Å²) in [5.74, 6) is -0.353. The third-order valence-electron chi connectivity index (χ3n) is 3.01. The maximum absolute atomic E-state index is 12.1. The lowest BCUT2D eigenvalue weighted by molar-refractivity contribution is 0.0911. The monoisotopic (exact) mass is 289 g/mol. The molecule has 1 amide bonds. The summed E-state index contributed by atoms with van der Waals surface area (Å²) in [4.78, 5) is 12.1. The summed E-state index contributed by atoms with van der Waals surface area (Å²) in [6.07, 6.45) is 2.10. The summed E-state index contributed by atoms with van der Waals surface area (Å²) in [5.41, 5.74) is 6.67. The summed E-state index contributed by atoms with van der Waals surface area (Å²) >= 11 is 0. The van der Waals surface area contributed by atoms with Crippen LogP contribution in [0.1, 0.15) is 16.1 Å². The van der Waals surface area contributed by atoms with Crippen molar-refractivity contribution in [1.82, 2.24) is 20.3 Å². The molecule has 0 unspecified atom stereocenters. The number of benzene rings is 1. The molecule has 0 radical (unpaired) electrons. The van der Waals surface area contributed by atoms with E-state index in [4.69, 9.17) is 5.73 Å². The Balaban J connectivity index is 1.95. The lowest BCUT2D eigenvalue weighted by Gasteiger charge is -2.15. The van der Waals surface area contributed by atoms with E-state index in [0.29, 0.717) is 19.5 Å². The number of nitrogens with one attached hydrogen (secondary N) is 1. The Morgan fingerprint density at radius 3 is 2.81 bits per heavy atom. The van der Waals surface area contributed by atoms with E-state index in [1.807, 2.05) is 30.3 Å². The summed E-state index contributed by atoms with van der Waals surface area (Å²) in [7, 11) is 0. The van der Waals surface area contributed by atoms with Crippen LogP contribution in [-0.4, -0.2) is 45.2 Å². The topological polar surface area (TPSA) is 106 Å². The van der Waals surface area contributed by atoms with Gasteiger partial charge >= 0.3 is 0 Å². The van der Waals surface area contributed by atoms with Gasteiger partial charge in [0.25, 0.3) is 5.91 Å². The van der Waals surface area contributed by atoms with E-state index in [9.17, 15) is 9.90 Å². The first kappa shape index (κ1) is 15.1. The van der Waals surface area contributed by atoms with Crippen molar-refractivity contribution in [2.45, 2.75) is 19.0 Å². The number of carbonyl (C=O) groups excluding carboxylic acids is 1. The largest absolute Gasteiger partial charge is 0.394 e. The molecular formula is C14H19N5O2. The number of nitrogens with two attached hydrogens (primary N) is 1. The lowest BCUT2D eigenvalue weighted by atomic mass is 10.1. The standard InChI is InChI=1S/C14H19N5O2/c15-6-7-19-9-13(17-18-19)14(21)16-12(10-20)8-11-4-2-1-3-5-11/h1-5,9,12,20H,6-8,10,15H2,(H,16,21)/t12-/m0/s1. The maximum Gasteiger partial charge on any atom is 0.273 e. The van der Waals surface area contributed by atoms with Crippen LogP contribution in [-0.2, 0) is 13.0 Å². The quantitative estimate of drug-likeness (QED) is 0.641. The summed E-state index contributed by atoms with van der Waals surface area (Å²) in [6.45, 7) is 0.795. The Hall–Kier alpha value is -2.25. The van der Waals surface area contributed by atoms with Gasteiger partial charge in [-0.1, -0.05) is 35.5 Å². The zero-order valence-corrected chi connectivity index (χ0v) is 11.6. The number of hydrogen-bond donors (Lipinski definition) is 3. The minimum atomic E-state index is -0.362. The molecule has 112 valence electrons. The number of aromatic nitrogens is 3. The summed E-state index contributed by atoms with van der Waals surface area (Å²) in [6, 6.07) is 9.30. The van der Waals surface area contributed by atoms with E-state index in [1.165, 1.54) is 4.68 Å². The van der Waals surface area contributed by atoms with Crippen molar-refractivity contribution in [2.75, 3.05) is 13.2 Å². The molecule has 0 aliphatic heterocycles. The second-order valence-electron chi connectivity index (χ2n) is 4.70. The predicted molar refractivity (Wildman–Crippen MR) is 77.6 cm³/mol. The molecule has 2 aromatic rings. The second-order valence-corrected chi connectivity index (χ2v) is 4.70. The zero-order valence-electron chi connectivity index (χ0n) is 11.6. The van der Waals surface area contributed by atoms with Crippen LogP contribution in [0.3, 0.4) is 0 Å². The van der Waals surface area contributed by atoms with Gasteiger partial charge < -0.3 is 16.2 Å². The average Bonchev–Trinajstić information content (AvgIpc) is 2.97. The number of nitrogens with zero attached hydrogens (tertiary/aromatic N) is 3. The van der Waals surface area contributed by atoms with E-state index >= 15 is 0 Å². The van der Waals surface area contributed by atoms with Crippen LogP contribution in [0.25, 0.3) is 0 Å². The molecule has 7 heteroatoms. The van der Waals surface area contributed by atoms with Crippen molar-refractivity contribution in [3.8, 4) is 0 Å². The smallest absolute Gasteiger partial charge is 0.273 e. The lowest BCUT2D eigenvalue weighted by Crippen LogP contribution is -2.39. The Morgan fingerprint density at radius 2 is 2.14 bits per heavy atom. The molecule has 0 aliphatic rings.